The van der Waals surface area contributed by atoms with E-state index in [4.69, 9.17) is 0 Å². The van der Waals surface area contributed by atoms with Gasteiger partial charge in [-0.15, -0.1) is 0 Å². The number of aliphatic hydroxyl groups is 1. The number of likely N-dealkylation sites (tertiary alicyclic amines) is 1. The number of aliphatic hydroxyl groups excluding tert-OH is 1. The summed E-state index contributed by atoms with van der Waals surface area (Å²) in [5.41, 5.74) is 1.51. The van der Waals surface area contributed by atoms with E-state index in [0.717, 1.165) is 61.8 Å². The molecule has 1 heterocycles. The van der Waals surface area contributed by atoms with Crippen LogP contribution in [0.4, 0.5) is 0 Å². The lowest BCUT2D eigenvalue weighted by Crippen LogP contribution is -2.34. The van der Waals surface area contributed by atoms with Crippen LogP contribution in [0.25, 0.3) is 5.76 Å². The molecule has 0 bridgehead atoms. The number of ketones is 1. The number of carbonyl (C=O) groups is 2. The van der Waals surface area contributed by atoms with E-state index in [2.05, 4.69) is 34.7 Å². The number of nitrogens with zero attached hydrogens (tertiary/aromatic N) is 2. The molecule has 1 amide bonds. The van der Waals surface area contributed by atoms with Crippen molar-refractivity contribution in [1.82, 2.24) is 9.80 Å². The van der Waals surface area contributed by atoms with Crippen LogP contribution in [-0.4, -0.2) is 52.8 Å². The van der Waals surface area contributed by atoms with Crippen molar-refractivity contribution in [2.75, 3.05) is 26.2 Å². The number of unbranched alkanes of at least 4 members (excludes halogenated alkanes) is 2. The van der Waals surface area contributed by atoms with Gasteiger partial charge in [0.25, 0.3) is 11.7 Å². The zero-order chi connectivity index (χ0) is 24.5. The summed E-state index contributed by atoms with van der Waals surface area (Å²) in [7, 11) is 0. The fraction of sp³-hybridized carbons (Fsp3) is 0.429. The van der Waals surface area contributed by atoms with E-state index in [1.165, 1.54) is 0 Å². The van der Waals surface area contributed by atoms with Crippen molar-refractivity contribution in [3.63, 3.8) is 0 Å². The lowest BCUT2D eigenvalue weighted by molar-refractivity contribution is -0.140. The van der Waals surface area contributed by atoms with E-state index in [9.17, 15) is 14.7 Å². The van der Waals surface area contributed by atoms with Crippen LogP contribution in [-0.2, 0) is 9.59 Å². The topological polar surface area (TPSA) is 60.9 Å². The van der Waals surface area contributed by atoms with Gasteiger partial charge in [0.05, 0.1) is 11.6 Å². The van der Waals surface area contributed by atoms with Crippen molar-refractivity contribution < 1.29 is 14.7 Å². The average Bonchev–Trinajstić information content (AvgIpc) is 3.11. The Balaban J connectivity index is 1.88. The van der Waals surface area contributed by atoms with Crippen LogP contribution in [0.1, 0.15) is 63.1 Å². The molecule has 0 spiro atoms. The van der Waals surface area contributed by atoms with E-state index < -0.39 is 17.7 Å². The second-order valence-electron chi connectivity index (χ2n) is 8.81. The molecular weight excluding hydrogens is 492 g/mol. The largest absolute Gasteiger partial charge is 0.507 e. The highest BCUT2D eigenvalue weighted by atomic mass is 79.9. The molecule has 5 nitrogen and oxygen atoms in total. The number of Topliss-reactive ketones (excluding diaryl/α,β-unsaturated/α-hetero) is 1. The van der Waals surface area contributed by atoms with Crippen molar-refractivity contribution in [2.24, 2.45) is 0 Å². The smallest absolute Gasteiger partial charge is 0.295 e. The quantitative estimate of drug-likeness (QED) is 0.204. The third-order valence-electron chi connectivity index (χ3n) is 6.30. The van der Waals surface area contributed by atoms with E-state index in [0.29, 0.717) is 12.1 Å². The molecule has 2 aromatic rings. The molecule has 0 radical (unpaired) electrons. The molecule has 1 fully saturated rings. The molecule has 0 unspecified atom stereocenters. The summed E-state index contributed by atoms with van der Waals surface area (Å²) in [4.78, 5) is 30.4. The summed E-state index contributed by atoms with van der Waals surface area (Å²) in [5.74, 6) is -1.29. The van der Waals surface area contributed by atoms with Gasteiger partial charge < -0.3 is 14.9 Å². The van der Waals surface area contributed by atoms with Crippen molar-refractivity contribution in [3.8, 4) is 0 Å². The van der Waals surface area contributed by atoms with Crippen LogP contribution >= 0.6 is 15.9 Å². The highest BCUT2D eigenvalue weighted by molar-refractivity contribution is 9.10. The second-order valence-corrected chi connectivity index (χ2v) is 9.73. The van der Waals surface area contributed by atoms with Crippen LogP contribution in [0.5, 0.6) is 0 Å². The normalized spacial score (nSPS) is 17.6. The number of hydrogen-bond acceptors (Lipinski definition) is 4. The van der Waals surface area contributed by atoms with Gasteiger partial charge in [-0.1, -0.05) is 85.1 Å². The van der Waals surface area contributed by atoms with Crippen LogP contribution in [0.15, 0.2) is 64.6 Å². The van der Waals surface area contributed by atoms with Gasteiger partial charge in [-0.05, 0) is 56.6 Å². The molecule has 1 atom stereocenters. The second kappa shape index (κ2) is 12.9. The van der Waals surface area contributed by atoms with Crippen LogP contribution < -0.4 is 0 Å². The third kappa shape index (κ3) is 6.36. The monoisotopic (exact) mass is 526 g/mol. The van der Waals surface area contributed by atoms with E-state index >= 15 is 0 Å². The number of amides is 1. The molecule has 182 valence electrons. The Morgan fingerprint density at radius 3 is 2.09 bits per heavy atom. The minimum atomic E-state index is -0.622. The Bertz CT molecular complexity index is 980. The Kier molecular flexibility index (Phi) is 9.90. The molecule has 3 rings (SSSR count). The number of rotatable bonds is 12. The lowest BCUT2D eigenvalue weighted by atomic mass is 9.95. The van der Waals surface area contributed by atoms with Gasteiger partial charge >= 0.3 is 0 Å². The molecule has 1 aliphatic rings. The fourth-order valence-corrected chi connectivity index (χ4v) is 4.68. The van der Waals surface area contributed by atoms with Gasteiger partial charge in [-0.2, -0.15) is 0 Å². The molecule has 0 saturated carbocycles. The van der Waals surface area contributed by atoms with E-state index in [1.807, 2.05) is 30.3 Å². The average molecular weight is 528 g/mol. The Labute approximate surface area is 211 Å². The van der Waals surface area contributed by atoms with Gasteiger partial charge in [-0.25, -0.2) is 0 Å². The lowest BCUT2D eigenvalue weighted by Gasteiger charge is -2.27. The zero-order valence-electron chi connectivity index (χ0n) is 20.2. The first-order chi connectivity index (χ1) is 16.5. The van der Waals surface area contributed by atoms with Crippen LogP contribution in [0.3, 0.4) is 0 Å². The summed E-state index contributed by atoms with van der Waals surface area (Å²) >= 11 is 3.46. The molecular formula is C28H35BrN2O3. The van der Waals surface area contributed by atoms with Crippen LogP contribution in [0.2, 0.25) is 0 Å². The Morgan fingerprint density at radius 2 is 1.50 bits per heavy atom. The Hall–Kier alpha value is -2.44. The van der Waals surface area contributed by atoms with Gasteiger partial charge in [-0.3, -0.25) is 9.59 Å². The molecule has 0 aliphatic carbocycles. The van der Waals surface area contributed by atoms with Gasteiger partial charge in [0, 0.05) is 16.6 Å². The van der Waals surface area contributed by atoms with Gasteiger partial charge in [0.1, 0.15) is 5.76 Å². The molecule has 1 N–H and O–H groups in total. The highest BCUT2D eigenvalue weighted by Crippen LogP contribution is 2.39. The number of halogens is 1. The first kappa shape index (κ1) is 26.2. The maximum absolute atomic E-state index is 13.1. The summed E-state index contributed by atoms with van der Waals surface area (Å²) in [6, 6.07) is 16.0. The predicted molar refractivity (Wildman–Crippen MR) is 140 cm³/mol. The van der Waals surface area contributed by atoms with Gasteiger partial charge in [0.15, 0.2) is 0 Å². The van der Waals surface area contributed by atoms with E-state index in [-0.39, 0.29) is 11.3 Å². The maximum atomic E-state index is 13.1. The standard InChI is InChI=1S/C28H35BrN2O3/c1-3-5-17-30(18-6-4-2)19-10-20-31-25(21-13-15-23(29)16-14-21)24(27(33)28(31)34)26(32)22-11-8-7-9-12-22/h7-9,11-16,25,32H,3-6,10,17-20H2,1-2H3/t25-/m1/s1. The number of hydrogen-bond donors (Lipinski definition) is 1. The molecule has 1 saturated heterocycles. The summed E-state index contributed by atoms with van der Waals surface area (Å²) < 4.78 is 0.916. The molecule has 34 heavy (non-hydrogen) atoms. The molecule has 1 aliphatic heterocycles. The fourth-order valence-electron chi connectivity index (χ4n) is 4.42. The molecule has 2 aromatic carbocycles. The minimum Gasteiger partial charge on any atom is -0.507 e. The molecule has 0 aromatic heterocycles. The van der Waals surface area contributed by atoms with Crippen LogP contribution in [0, 0.1) is 0 Å². The summed E-state index contributed by atoms with van der Waals surface area (Å²) in [5, 5.41) is 11.1. The number of benzene rings is 2. The highest BCUT2D eigenvalue weighted by Gasteiger charge is 2.45. The van der Waals surface area contributed by atoms with E-state index in [1.54, 1.807) is 29.2 Å². The number of carbonyl (C=O) groups excluding carboxylic acids is 2. The summed E-state index contributed by atoms with van der Waals surface area (Å²) in [6.45, 7) is 7.85. The first-order valence-electron chi connectivity index (χ1n) is 12.3. The maximum Gasteiger partial charge on any atom is 0.295 e. The first-order valence-corrected chi connectivity index (χ1v) is 13.1. The van der Waals surface area contributed by atoms with Crippen molar-refractivity contribution in [1.29, 1.82) is 0 Å². The predicted octanol–water partition coefficient (Wildman–Crippen LogP) is 6.16. The van der Waals surface area contributed by atoms with Gasteiger partial charge in [0.2, 0.25) is 0 Å². The summed E-state index contributed by atoms with van der Waals surface area (Å²) in [6.07, 6.45) is 5.40. The van der Waals surface area contributed by atoms with Crippen molar-refractivity contribution in [2.45, 2.75) is 52.0 Å². The molecule has 6 heteroatoms. The SMILES string of the molecule is CCCCN(CCCC)CCCN1C(=O)C(=O)C(=C(O)c2ccccc2)[C@H]1c1ccc(Br)cc1. The zero-order valence-corrected chi connectivity index (χ0v) is 21.8. The Morgan fingerprint density at radius 1 is 0.912 bits per heavy atom. The van der Waals surface area contributed by atoms with Crippen molar-refractivity contribution in [3.05, 3.63) is 75.8 Å². The van der Waals surface area contributed by atoms with Crippen molar-refractivity contribution >= 4 is 33.4 Å². The third-order valence-corrected chi connectivity index (χ3v) is 6.83. The minimum absolute atomic E-state index is 0.123.